The molecule has 2 N–H and O–H groups in total. The van der Waals surface area contributed by atoms with Crippen LogP contribution in [0.15, 0.2) is 0 Å². The minimum atomic E-state index is 0.198. The predicted octanol–water partition coefficient (Wildman–Crippen LogP) is 1.04. The first kappa shape index (κ1) is 9.58. The van der Waals surface area contributed by atoms with Gasteiger partial charge < -0.3 is 5.32 Å². The largest absolute Gasteiger partial charge is 0.305 e. The minimum Gasteiger partial charge on any atom is -0.305 e. The molecule has 3 unspecified atom stereocenters. The number of rotatable bonds is 3. The molecule has 78 valence electrons. The molecule has 0 aliphatic heterocycles. The van der Waals surface area contributed by atoms with Crippen LogP contribution >= 0.6 is 0 Å². The van der Waals surface area contributed by atoms with E-state index in [1.807, 2.05) is 0 Å². The quantitative estimate of drug-likeness (QED) is 0.756. The molecule has 1 saturated carbocycles. The second kappa shape index (κ2) is 4.04. The maximum atomic E-state index is 3.97. The molecule has 5 nitrogen and oxygen atoms in total. The zero-order valence-corrected chi connectivity index (χ0v) is 8.70. The van der Waals surface area contributed by atoms with E-state index in [9.17, 15) is 0 Å². The summed E-state index contributed by atoms with van der Waals surface area (Å²) in [6.07, 6.45) is 3.86. The molecule has 1 aromatic heterocycles. The van der Waals surface area contributed by atoms with Crippen molar-refractivity contribution in [3.63, 3.8) is 0 Å². The third-order valence-corrected chi connectivity index (χ3v) is 2.93. The molecule has 2 rings (SSSR count). The monoisotopic (exact) mass is 195 g/mol. The number of tetrazole rings is 1. The van der Waals surface area contributed by atoms with Crippen LogP contribution < -0.4 is 5.32 Å². The summed E-state index contributed by atoms with van der Waals surface area (Å²) in [6, 6.07) is 0.822. The molecule has 0 amide bonds. The lowest BCUT2D eigenvalue weighted by molar-refractivity contribution is 0.437. The fraction of sp³-hybridized carbons (Fsp3) is 0.889. The van der Waals surface area contributed by atoms with E-state index >= 15 is 0 Å². The molecule has 1 aromatic rings. The first-order valence-electron chi connectivity index (χ1n) is 5.25. The number of hydrogen-bond donors (Lipinski definition) is 2. The summed E-state index contributed by atoms with van der Waals surface area (Å²) in [5.74, 6) is 1.61. The maximum absolute atomic E-state index is 3.97. The van der Waals surface area contributed by atoms with Gasteiger partial charge in [0.15, 0.2) is 5.82 Å². The lowest BCUT2D eigenvalue weighted by Gasteiger charge is -2.16. The molecular formula is C9H17N5. The molecule has 0 aromatic carbocycles. The average Bonchev–Trinajstić information content (AvgIpc) is 2.75. The van der Waals surface area contributed by atoms with Gasteiger partial charge in [0.25, 0.3) is 0 Å². The van der Waals surface area contributed by atoms with Gasteiger partial charge in [-0.3, -0.25) is 0 Å². The fourth-order valence-electron chi connectivity index (χ4n) is 2.14. The van der Waals surface area contributed by atoms with E-state index in [0.717, 1.165) is 11.7 Å². The summed E-state index contributed by atoms with van der Waals surface area (Å²) in [6.45, 7) is 4.38. The third kappa shape index (κ3) is 2.09. The molecule has 1 heterocycles. The Labute approximate surface area is 83.7 Å². The van der Waals surface area contributed by atoms with Crippen molar-refractivity contribution < 1.29 is 0 Å². The summed E-state index contributed by atoms with van der Waals surface area (Å²) >= 11 is 0. The van der Waals surface area contributed by atoms with Crippen LogP contribution in [0.4, 0.5) is 0 Å². The molecule has 1 fully saturated rings. The zero-order valence-electron chi connectivity index (χ0n) is 8.70. The molecule has 0 spiro atoms. The van der Waals surface area contributed by atoms with Crippen molar-refractivity contribution in [2.24, 2.45) is 5.92 Å². The molecule has 1 aliphatic rings. The molecule has 0 radical (unpaired) electrons. The van der Waals surface area contributed by atoms with E-state index in [4.69, 9.17) is 0 Å². The van der Waals surface area contributed by atoms with Gasteiger partial charge in [-0.2, -0.15) is 5.21 Å². The normalized spacial score (nSPS) is 29.3. The number of nitrogens with one attached hydrogen (secondary N) is 2. The van der Waals surface area contributed by atoms with E-state index in [1.165, 1.54) is 19.3 Å². The summed E-state index contributed by atoms with van der Waals surface area (Å²) < 4.78 is 0. The van der Waals surface area contributed by atoms with Gasteiger partial charge in [-0.05, 0) is 32.1 Å². The van der Waals surface area contributed by atoms with Gasteiger partial charge in [-0.1, -0.05) is 12.1 Å². The molecule has 5 heteroatoms. The van der Waals surface area contributed by atoms with Crippen molar-refractivity contribution in [1.29, 1.82) is 0 Å². The lowest BCUT2D eigenvalue weighted by Crippen LogP contribution is -2.29. The van der Waals surface area contributed by atoms with Crippen molar-refractivity contribution >= 4 is 0 Å². The Kier molecular flexibility index (Phi) is 2.77. The van der Waals surface area contributed by atoms with E-state index < -0.39 is 0 Å². The van der Waals surface area contributed by atoms with Crippen molar-refractivity contribution in [1.82, 2.24) is 25.9 Å². The smallest absolute Gasteiger partial charge is 0.191 e. The highest BCUT2D eigenvalue weighted by molar-refractivity contribution is 4.89. The van der Waals surface area contributed by atoms with Crippen LogP contribution in [0.2, 0.25) is 0 Å². The highest BCUT2D eigenvalue weighted by Crippen LogP contribution is 2.26. The van der Waals surface area contributed by atoms with Crippen LogP contribution in [0.25, 0.3) is 0 Å². The average molecular weight is 195 g/mol. The summed E-state index contributed by atoms with van der Waals surface area (Å²) in [5.41, 5.74) is 0. The number of aromatic amines is 1. The second-order valence-corrected chi connectivity index (χ2v) is 4.27. The van der Waals surface area contributed by atoms with Gasteiger partial charge >= 0.3 is 0 Å². The van der Waals surface area contributed by atoms with E-state index in [-0.39, 0.29) is 6.04 Å². The van der Waals surface area contributed by atoms with Gasteiger partial charge in [0.05, 0.1) is 6.04 Å². The maximum Gasteiger partial charge on any atom is 0.191 e. The highest BCUT2D eigenvalue weighted by Gasteiger charge is 2.23. The van der Waals surface area contributed by atoms with Crippen LogP contribution in [0.5, 0.6) is 0 Å². The van der Waals surface area contributed by atoms with Crippen molar-refractivity contribution in [3.8, 4) is 0 Å². The number of hydrogen-bond acceptors (Lipinski definition) is 4. The van der Waals surface area contributed by atoms with Gasteiger partial charge in [0, 0.05) is 6.04 Å². The standard InChI is InChI=1S/C9H17N5/c1-6-3-4-8(5-6)10-7(2)9-11-13-14-12-9/h6-8,10H,3-5H2,1-2H3,(H,11,12,13,14). The highest BCUT2D eigenvalue weighted by atomic mass is 15.5. The van der Waals surface area contributed by atoms with Gasteiger partial charge in [0.2, 0.25) is 0 Å². The number of H-pyrrole nitrogens is 1. The molecular weight excluding hydrogens is 178 g/mol. The summed E-state index contributed by atoms with van der Waals surface area (Å²) in [7, 11) is 0. The Bertz CT molecular complexity index is 271. The van der Waals surface area contributed by atoms with Crippen molar-refractivity contribution in [2.45, 2.75) is 45.2 Å². The Balaban J connectivity index is 1.86. The number of aromatic nitrogens is 4. The Morgan fingerprint density at radius 1 is 1.50 bits per heavy atom. The molecule has 3 atom stereocenters. The van der Waals surface area contributed by atoms with Crippen LogP contribution in [0.3, 0.4) is 0 Å². The summed E-state index contributed by atoms with van der Waals surface area (Å²) in [5, 5.41) is 17.5. The van der Waals surface area contributed by atoms with Crippen LogP contribution in [0, 0.1) is 5.92 Å². The SMILES string of the molecule is CC1CCC(NC(C)c2nn[nH]n2)C1. The third-order valence-electron chi connectivity index (χ3n) is 2.93. The van der Waals surface area contributed by atoms with Crippen LogP contribution in [-0.4, -0.2) is 26.7 Å². The first-order valence-corrected chi connectivity index (χ1v) is 5.25. The lowest BCUT2D eigenvalue weighted by atomic mass is 10.1. The molecule has 0 saturated heterocycles. The van der Waals surface area contributed by atoms with E-state index in [0.29, 0.717) is 6.04 Å². The zero-order chi connectivity index (χ0) is 9.97. The van der Waals surface area contributed by atoms with Crippen molar-refractivity contribution in [3.05, 3.63) is 5.82 Å². The van der Waals surface area contributed by atoms with Crippen molar-refractivity contribution in [2.75, 3.05) is 0 Å². The topological polar surface area (TPSA) is 66.5 Å². The molecule has 14 heavy (non-hydrogen) atoms. The minimum absolute atomic E-state index is 0.198. The van der Waals surface area contributed by atoms with Gasteiger partial charge in [0.1, 0.15) is 0 Å². The Hall–Kier alpha value is -0.970. The van der Waals surface area contributed by atoms with E-state index in [2.05, 4.69) is 39.8 Å². The van der Waals surface area contributed by atoms with Crippen LogP contribution in [0.1, 0.15) is 45.0 Å². The van der Waals surface area contributed by atoms with Gasteiger partial charge in [-0.15, -0.1) is 10.2 Å². The number of nitrogens with zero attached hydrogens (tertiary/aromatic N) is 3. The Morgan fingerprint density at radius 2 is 2.36 bits per heavy atom. The predicted molar refractivity (Wildman–Crippen MR) is 52.5 cm³/mol. The summed E-state index contributed by atoms with van der Waals surface area (Å²) in [4.78, 5) is 0. The van der Waals surface area contributed by atoms with Crippen LogP contribution in [-0.2, 0) is 0 Å². The Morgan fingerprint density at radius 3 is 2.93 bits per heavy atom. The first-order chi connectivity index (χ1) is 6.75. The van der Waals surface area contributed by atoms with Gasteiger partial charge in [-0.25, -0.2) is 0 Å². The van der Waals surface area contributed by atoms with E-state index in [1.54, 1.807) is 0 Å². The molecule has 0 bridgehead atoms. The molecule has 1 aliphatic carbocycles. The second-order valence-electron chi connectivity index (χ2n) is 4.27. The fourth-order valence-corrected chi connectivity index (χ4v) is 2.14.